The molecule has 0 atom stereocenters. The van der Waals surface area contributed by atoms with Crippen LogP contribution in [0.4, 0.5) is 11.4 Å². The van der Waals surface area contributed by atoms with Crippen molar-refractivity contribution in [2.24, 2.45) is 0 Å². The molecule has 0 saturated carbocycles. The largest absolute Gasteiger partial charge is 0.392 e. The number of morpholine rings is 1. The molecule has 0 amide bonds. The molecular weight excluding hydrogens is 248 g/mol. The van der Waals surface area contributed by atoms with Gasteiger partial charge >= 0.3 is 0 Å². The zero-order valence-corrected chi connectivity index (χ0v) is 11.1. The highest BCUT2D eigenvalue weighted by Crippen LogP contribution is 2.35. The van der Waals surface area contributed by atoms with Gasteiger partial charge in [-0.1, -0.05) is 6.07 Å². The van der Waals surface area contributed by atoms with E-state index < -0.39 is 4.92 Å². The molecule has 1 aliphatic rings. The van der Waals surface area contributed by atoms with Crippen molar-refractivity contribution in [3.05, 3.63) is 33.9 Å². The predicted octanol–water partition coefficient (Wildman–Crippen LogP) is 1.70. The number of hydrogen-bond donors (Lipinski definition) is 1. The Morgan fingerprint density at radius 1 is 1.53 bits per heavy atom. The van der Waals surface area contributed by atoms with Crippen LogP contribution in [0.25, 0.3) is 0 Å². The SMILES string of the molecule is CC1(C)COCCN1c1ccc(CO)cc1[N+](=O)[O-]. The Morgan fingerprint density at radius 3 is 2.84 bits per heavy atom. The summed E-state index contributed by atoms with van der Waals surface area (Å²) < 4.78 is 5.43. The molecule has 19 heavy (non-hydrogen) atoms. The number of anilines is 1. The second-order valence-electron chi connectivity index (χ2n) is 5.25. The van der Waals surface area contributed by atoms with Crippen molar-refractivity contribution in [1.29, 1.82) is 0 Å². The minimum atomic E-state index is -0.403. The van der Waals surface area contributed by atoms with E-state index >= 15 is 0 Å². The van der Waals surface area contributed by atoms with E-state index in [1.165, 1.54) is 6.07 Å². The maximum atomic E-state index is 11.2. The van der Waals surface area contributed by atoms with E-state index in [1.54, 1.807) is 12.1 Å². The summed E-state index contributed by atoms with van der Waals surface area (Å²) in [5, 5.41) is 20.3. The van der Waals surface area contributed by atoms with Crippen molar-refractivity contribution in [3.63, 3.8) is 0 Å². The van der Waals surface area contributed by atoms with Gasteiger partial charge in [0, 0.05) is 12.6 Å². The number of nitro groups is 1. The van der Waals surface area contributed by atoms with E-state index in [0.717, 1.165) is 0 Å². The Morgan fingerprint density at radius 2 is 2.26 bits per heavy atom. The molecule has 1 saturated heterocycles. The normalized spacial score (nSPS) is 18.4. The molecule has 2 rings (SSSR count). The summed E-state index contributed by atoms with van der Waals surface area (Å²) in [6, 6.07) is 4.85. The second-order valence-corrected chi connectivity index (χ2v) is 5.25. The van der Waals surface area contributed by atoms with Crippen molar-refractivity contribution in [2.45, 2.75) is 26.0 Å². The Kier molecular flexibility index (Phi) is 3.73. The van der Waals surface area contributed by atoms with Gasteiger partial charge in [-0.25, -0.2) is 0 Å². The van der Waals surface area contributed by atoms with Crippen molar-refractivity contribution in [1.82, 2.24) is 0 Å². The van der Waals surface area contributed by atoms with Crippen molar-refractivity contribution < 1.29 is 14.8 Å². The molecule has 1 fully saturated rings. The van der Waals surface area contributed by atoms with Crippen LogP contribution in [-0.2, 0) is 11.3 Å². The summed E-state index contributed by atoms with van der Waals surface area (Å²) in [5.41, 5.74) is 0.863. The van der Waals surface area contributed by atoms with E-state index in [2.05, 4.69) is 0 Å². The zero-order chi connectivity index (χ0) is 14.0. The first-order valence-electron chi connectivity index (χ1n) is 6.19. The van der Waals surface area contributed by atoms with Crippen molar-refractivity contribution >= 4 is 11.4 Å². The molecule has 0 aliphatic carbocycles. The van der Waals surface area contributed by atoms with Crippen LogP contribution in [0.3, 0.4) is 0 Å². The first-order chi connectivity index (χ1) is 8.95. The minimum Gasteiger partial charge on any atom is -0.392 e. The highest BCUT2D eigenvalue weighted by molar-refractivity contribution is 5.65. The first-order valence-corrected chi connectivity index (χ1v) is 6.19. The Balaban J connectivity index is 2.46. The van der Waals surface area contributed by atoms with Gasteiger partial charge in [0.05, 0.1) is 30.3 Å². The molecular formula is C13H18N2O4. The highest BCUT2D eigenvalue weighted by atomic mass is 16.6. The maximum Gasteiger partial charge on any atom is 0.292 e. The molecule has 1 aromatic rings. The summed E-state index contributed by atoms with van der Waals surface area (Å²) in [5.74, 6) is 0. The van der Waals surface area contributed by atoms with Gasteiger partial charge in [0.25, 0.3) is 5.69 Å². The molecule has 104 valence electrons. The number of benzene rings is 1. The fourth-order valence-corrected chi connectivity index (χ4v) is 2.35. The van der Waals surface area contributed by atoms with Gasteiger partial charge in [-0.05, 0) is 25.5 Å². The molecule has 0 aromatic heterocycles. The predicted molar refractivity (Wildman–Crippen MR) is 71.3 cm³/mol. The lowest BCUT2D eigenvalue weighted by atomic mass is 10.0. The fraction of sp³-hybridized carbons (Fsp3) is 0.538. The topological polar surface area (TPSA) is 75.8 Å². The van der Waals surface area contributed by atoms with E-state index in [0.29, 0.717) is 31.0 Å². The average Bonchev–Trinajstić information content (AvgIpc) is 2.37. The second kappa shape index (κ2) is 5.14. The Bertz CT molecular complexity index is 488. The van der Waals surface area contributed by atoms with Gasteiger partial charge in [0.1, 0.15) is 5.69 Å². The van der Waals surface area contributed by atoms with Gasteiger partial charge in [-0.2, -0.15) is 0 Å². The van der Waals surface area contributed by atoms with Gasteiger partial charge in [0.2, 0.25) is 0 Å². The van der Waals surface area contributed by atoms with Gasteiger partial charge in [0.15, 0.2) is 0 Å². The average molecular weight is 266 g/mol. The van der Waals surface area contributed by atoms with E-state index in [1.807, 2.05) is 18.7 Å². The van der Waals surface area contributed by atoms with Crippen LogP contribution < -0.4 is 4.90 Å². The van der Waals surface area contributed by atoms with Crippen LogP contribution in [0, 0.1) is 10.1 Å². The number of nitrogens with zero attached hydrogens (tertiary/aromatic N) is 2. The monoisotopic (exact) mass is 266 g/mol. The quantitative estimate of drug-likeness (QED) is 0.665. The molecule has 1 aromatic carbocycles. The number of aliphatic hydroxyl groups is 1. The number of ether oxygens (including phenoxy) is 1. The standard InChI is InChI=1S/C13H18N2O4/c1-13(2)9-19-6-5-14(13)11-4-3-10(8-16)7-12(11)15(17)18/h3-4,7,16H,5-6,8-9H2,1-2H3. The van der Waals surface area contributed by atoms with Gasteiger partial charge in [-0.3, -0.25) is 10.1 Å². The number of aliphatic hydroxyl groups excluding tert-OH is 1. The third-order valence-electron chi connectivity index (χ3n) is 3.36. The highest BCUT2D eigenvalue weighted by Gasteiger charge is 2.34. The van der Waals surface area contributed by atoms with Crippen LogP contribution in [0.15, 0.2) is 18.2 Å². The lowest BCUT2D eigenvalue weighted by Crippen LogP contribution is -2.53. The molecule has 1 N–H and O–H groups in total. The summed E-state index contributed by atoms with van der Waals surface area (Å²) in [6.45, 7) is 5.50. The van der Waals surface area contributed by atoms with Crippen LogP contribution in [0.1, 0.15) is 19.4 Å². The minimum absolute atomic E-state index is 0.0292. The molecule has 0 bridgehead atoms. The third kappa shape index (κ3) is 2.69. The summed E-state index contributed by atoms with van der Waals surface area (Å²) in [4.78, 5) is 12.8. The molecule has 6 nitrogen and oxygen atoms in total. The Hall–Kier alpha value is -1.66. The third-order valence-corrected chi connectivity index (χ3v) is 3.36. The number of nitro benzene ring substituents is 1. The zero-order valence-electron chi connectivity index (χ0n) is 11.1. The summed E-state index contributed by atoms with van der Waals surface area (Å²) in [6.07, 6.45) is 0. The van der Waals surface area contributed by atoms with Gasteiger partial charge in [-0.15, -0.1) is 0 Å². The van der Waals surface area contributed by atoms with Gasteiger partial charge < -0.3 is 14.7 Å². The lowest BCUT2D eigenvalue weighted by molar-refractivity contribution is -0.384. The Labute approximate surface area is 111 Å². The van der Waals surface area contributed by atoms with Crippen molar-refractivity contribution in [3.8, 4) is 0 Å². The molecule has 0 radical (unpaired) electrons. The summed E-state index contributed by atoms with van der Waals surface area (Å²) >= 11 is 0. The number of rotatable bonds is 3. The fourth-order valence-electron chi connectivity index (χ4n) is 2.35. The van der Waals surface area contributed by atoms with E-state index in [4.69, 9.17) is 9.84 Å². The molecule has 0 spiro atoms. The number of hydrogen-bond acceptors (Lipinski definition) is 5. The molecule has 0 unspecified atom stereocenters. The van der Waals surface area contributed by atoms with E-state index in [9.17, 15) is 10.1 Å². The smallest absolute Gasteiger partial charge is 0.292 e. The maximum absolute atomic E-state index is 11.2. The summed E-state index contributed by atoms with van der Waals surface area (Å²) in [7, 11) is 0. The van der Waals surface area contributed by atoms with Crippen LogP contribution in [0.5, 0.6) is 0 Å². The van der Waals surface area contributed by atoms with Crippen molar-refractivity contribution in [2.75, 3.05) is 24.7 Å². The van der Waals surface area contributed by atoms with E-state index in [-0.39, 0.29) is 17.8 Å². The van der Waals surface area contributed by atoms with Crippen LogP contribution in [-0.4, -0.2) is 35.3 Å². The lowest BCUT2D eigenvalue weighted by Gasteiger charge is -2.43. The molecule has 1 aliphatic heterocycles. The molecule has 1 heterocycles. The van der Waals surface area contributed by atoms with Crippen LogP contribution in [0.2, 0.25) is 0 Å². The van der Waals surface area contributed by atoms with Crippen LogP contribution >= 0.6 is 0 Å². The first kappa shape index (κ1) is 13.8. The molecule has 6 heteroatoms.